The van der Waals surface area contributed by atoms with Crippen LogP contribution in [-0.2, 0) is 6.54 Å². The van der Waals surface area contributed by atoms with Gasteiger partial charge in [-0.15, -0.1) is 0 Å². The van der Waals surface area contributed by atoms with Gasteiger partial charge in [-0.1, -0.05) is 6.07 Å². The molecule has 0 bridgehead atoms. The average Bonchev–Trinajstić information content (AvgIpc) is 2.48. The van der Waals surface area contributed by atoms with E-state index in [4.69, 9.17) is 20.9 Å². The van der Waals surface area contributed by atoms with Crippen LogP contribution in [0.3, 0.4) is 0 Å². The molecule has 0 aromatic heterocycles. The summed E-state index contributed by atoms with van der Waals surface area (Å²) < 4.78 is 10.5. The minimum Gasteiger partial charge on any atom is -0.493 e. The molecule has 0 heterocycles. The smallest absolute Gasteiger partial charge is 0.161 e. The summed E-state index contributed by atoms with van der Waals surface area (Å²) in [5.74, 6) is 1.43. The van der Waals surface area contributed by atoms with Gasteiger partial charge in [-0.05, 0) is 35.9 Å². The molecule has 5 nitrogen and oxygen atoms in total. The first-order valence-corrected chi connectivity index (χ1v) is 6.24. The second-order valence-corrected chi connectivity index (χ2v) is 4.39. The maximum atomic E-state index is 5.77. The van der Waals surface area contributed by atoms with E-state index in [1.165, 1.54) is 0 Å². The molecule has 0 aliphatic rings. The Kier molecular flexibility index (Phi) is 4.20. The Labute approximate surface area is 118 Å². The van der Waals surface area contributed by atoms with E-state index in [0.29, 0.717) is 29.4 Å². The number of anilines is 3. The summed E-state index contributed by atoms with van der Waals surface area (Å²) >= 11 is 0. The van der Waals surface area contributed by atoms with E-state index >= 15 is 0 Å². The lowest BCUT2D eigenvalue weighted by molar-refractivity contribution is 0.354. The van der Waals surface area contributed by atoms with E-state index in [1.54, 1.807) is 20.3 Å². The highest BCUT2D eigenvalue weighted by Gasteiger charge is 2.04. The van der Waals surface area contributed by atoms with E-state index in [9.17, 15) is 0 Å². The Morgan fingerprint density at radius 2 is 1.65 bits per heavy atom. The van der Waals surface area contributed by atoms with Crippen LogP contribution in [-0.4, -0.2) is 14.2 Å². The predicted molar refractivity (Wildman–Crippen MR) is 82.1 cm³/mol. The third-order valence-electron chi connectivity index (χ3n) is 3.03. The monoisotopic (exact) mass is 273 g/mol. The topological polar surface area (TPSA) is 82.5 Å². The molecule has 0 aliphatic heterocycles. The maximum absolute atomic E-state index is 5.77. The maximum Gasteiger partial charge on any atom is 0.161 e. The quantitative estimate of drug-likeness (QED) is 0.729. The van der Waals surface area contributed by atoms with Crippen LogP contribution in [0.4, 0.5) is 17.1 Å². The van der Waals surface area contributed by atoms with Crippen LogP contribution in [0.2, 0.25) is 0 Å². The average molecular weight is 273 g/mol. The Hall–Kier alpha value is -2.56. The molecule has 20 heavy (non-hydrogen) atoms. The molecule has 0 atom stereocenters. The molecule has 0 spiro atoms. The lowest BCUT2D eigenvalue weighted by Crippen LogP contribution is -2.02. The van der Waals surface area contributed by atoms with Crippen LogP contribution >= 0.6 is 0 Å². The van der Waals surface area contributed by atoms with Crippen LogP contribution < -0.4 is 26.3 Å². The number of nitrogens with one attached hydrogen (secondary N) is 1. The second-order valence-electron chi connectivity index (χ2n) is 4.39. The Morgan fingerprint density at radius 3 is 2.30 bits per heavy atom. The van der Waals surface area contributed by atoms with Crippen LogP contribution in [0.1, 0.15) is 5.56 Å². The summed E-state index contributed by atoms with van der Waals surface area (Å²) in [6, 6.07) is 11.3. The molecule has 5 N–H and O–H groups in total. The first-order chi connectivity index (χ1) is 9.63. The molecule has 0 radical (unpaired) electrons. The zero-order valence-corrected chi connectivity index (χ0v) is 11.6. The van der Waals surface area contributed by atoms with Crippen LogP contribution in [0, 0.1) is 0 Å². The van der Waals surface area contributed by atoms with Crippen molar-refractivity contribution in [3.8, 4) is 11.5 Å². The van der Waals surface area contributed by atoms with Gasteiger partial charge in [0.05, 0.1) is 25.6 Å². The third kappa shape index (κ3) is 3.06. The molecule has 0 amide bonds. The van der Waals surface area contributed by atoms with E-state index in [1.807, 2.05) is 30.3 Å². The van der Waals surface area contributed by atoms with E-state index in [2.05, 4.69) is 5.32 Å². The number of benzene rings is 2. The van der Waals surface area contributed by atoms with Gasteiger partial charge in [0.2, 0.25) is 0 Å². The third-order valence-corrected chi connectivity index (χ3v) is 3.03. The van der Waals surface area contributed by atoms with Crippen LogP contribution in [0.15, 0.2) is 36.4 Å². The van der Waals surface area contributed by atoms with Crippen molar-refractivity contribution < 1.29 is 9.47 Å². The lowest BCUT2D eigenvalue weighted by atomic mass is 10.2. The summed E-state index contributed by atoms with van der Waals surface area (Å²) in [6.07, 6.45) is 0. The summed E-state index contributed by atoms with van der Waals surface area (Å²) in [7, 11) is 3.24. The summed E-state index contributed by atoms with van der Waals surface area (Å²) in [5.41, 5.74) is 14.6. The molecule has 2 aromatic rings. The number of nitrogens with two attached hydrogens (primary N) is 2. The van der Waals surface area contributed by atoms with Gasteiger partial charge in [0.15, 0.2) is 11.5 Å². The van der Waals surface area contributed by atoms with Crippen molar-refractivity contribution in [1.82, 2.24) is 0 Å². The fraction of sp³-hybridized carbons (Fsp3) is 0.200. The fourth-order valence-corrected chi connectivity index (χ4v) is 1.88. The van der Waals surface area contributed by atoms with Crippen LogP contribution in [0.25, 0.3) is 0 Å². The minimum absolute atomic E-state index is 0.572. The fourth-order valence-electron chi connectivity index (χ4n) is 1.88. The standard InChI is InChI=1S/C15H19N3O2/c1-19-14-6-3-10(7-15(14)20-2)9-18-11-4-5-12(16)13(17)8-11/h3-8,18H,9,16-17H2,1-2H3. The zero-order valence-electron chi connectivity index (χ0n) is 11.6. The van der Waals surface area contributed by atoms with Crippen molar-refractivity contribution in [2.75, 3.05) is 31.0 Å². The Bertz CT molecular complexity index is 600. The normalized spacial score (nSPS) is 10.1. The van der Waals surface area contributed by atoms with E-state index in [-0.39, 0.29) is 0 Å². The van der Waals surface area contributed by atoms with Gasteiger partial charge in [0.25, 0.3) is 0 Å². The minimum atomic E-state index is 0.572. The lowest BCUT2D eigenvalue weighted by Gasteiger charge is -2.11. The van der Waals surface area contributed by atoms with Gasteiger partial charge >= 0.3 is 0 Å². The molecular weight excluding hydrogens is 254 g/mol. The van der Waals surface area contributed by atoms with Crippen molar-refractivity contribution in [3.63, 3.8) is 0 Å². The Morgan fingerprint density at radius 1 is 0.900 bits per heavy atom. The predicted octanol–water partition coefficient (Wildman–Crippen LogP) is 2.48. The largest absolute Gasteiger partial charge is 0.493 e. The van der Waals surface area contributed by atoms with Gasteiger partial charge in [-0.3, -0.25) is 0 Å². The summed E-state index contributed by atoms with van der Waals surface area (Å²) in [6.45, 7) is 0.656. The zero-order chi connectivity index (χ0) is 14.5. The SMILES string of the molecule is COc1ccc(CNc2ccc(N)c(N)c2)cc1OC. The highest BCUT2D eigenvalue weighted by Crippen LogP contribution is 2.28. The van der Waals surface area contributed by atoms with E-state index < -0.39 is 0 Å². The highest BCUT2D eigenvalue weighted by atomic mass is 16.5. The van der Waals surface area contributed by atoms with Gasteiger partial charge in [-0.2, -0.15) is 0 Å². The van der Waals surface area contributed by atoms with Gasteiger partial charge in [0.1, 0.15) is 0 Å². The Balaban J connectivity index is 2.08. The molecule has 5 heteroatoms. The molecule has 0 fully saturated rings. The molecule has 0 saturated carbocycles. The van der Waals surface area contributed by atoms with Crippen molar-refractivity contribution >= 4 is 17.1 Å². The number of hydrogen-bond acceptors (Lipinski definition) is 5. The number of nitrogen functional groups attached to an aromatic ring is 2. The molecule has 0 saturated heterocycles. The number of hydrogen-bond donors (Lipinski definition) is 3. The molecule has 2 rings (SSSR count). The van der Waals surface area contributed by atoms with Gasteiger partial charge < -0.3 is 26.3 Å². The number of rotatable bonds is 5. The molecule has 106 valence electrons. The highest BCUT2D eigenvalue weighted by molar-refractivity contribution is 5.69. The van der Waals surface area contributed by atoms with Gasteiger partial charge in [-0.25, -0.2) is 0 Å². The summed E-state index contributed by atoms with van der Waals surface area (Å²) in [4.78, 5) is 0. The molecule has 2 aromatic carbocycles. The van der Waals surface area contributed by atoms with Crippen LogP contribution in [0.5, 0.6) is 11.5 Å². The first-order valence-electron chi connectivity index (χ1n) is 6.24. The first kappa shape index (κ1) is 13.9. The van der Waals surface area contributed by atoms with E-state index in [0.717, 1.165) is 11.3 Å². The van der Waals surface area contributed by atoms with Gasteiger partial charge in [0, 0.05) is 12.2 Å². The summed E-state index contributed by atoms with van der Waals surface area (Å²) in [5, 5.41) is 3.29. The van der Waals surface area contributed by atoms with Crippen molar-refractivity contribution in [2.45, 2.75) is 6.54 Å². The molecule has 0 aliphatic carbocycles. The van der Waals surface area contributed by atoms with Crippen molar-refractivity contribution in [1.29, 1.82) is 0 Å². The molecule has 0 unspecified atom stereocenters. The number of methoxy groups -OCH3 is 2. The second kappa shape index (κ2) is 6.06. The number of ether oxygens (including phenoxy) is 2. The molecular formula is C15H19N3O2. The van der Waals surface area contributed by atoms with Crippen molar-refractivity contribution in [2.24, 2.45) is 0 Å². The van der Waals surface area contributed by atoms with Crippen molar-refractivity contribution in [3.05, 3.63) is 42.0 Å².